The van der Waals surface area contributed by atoms with Crippen LogP contribution in [0.25, 0.3) is 11.4 Å². The quantitative estimate of drug-likeness (QED) is 0.796. The minimum Gasteiger partial charge on any atom is -0.386 e. The highest BCUT2D eigenvalue weighted by Gasteiger charge is 2.18. The molecule has 2 aromatic carbocycles. The number of aliphatic hydroxyl groups excluding tert-OH is 1. The first kappa shape index (κ1) is 16.3. The third-order valence-corrected chi connectivity index (χ3v) is 3.72. The molecule has 0 spiro atoms. The maximum atomic E-state index is 13.8. The van der Waals surface area contributed by atoms with Gasteiger partial charge in [0.25, 0.3) is 0 Å². The van der Waals surface area contributed by atoms with Crippen molar-refractivity contribution in [2.45, 2.75) is 26.5 Å². The van der Waals surface area contributed by atoms with Gasteiger partial charge in [0.2, 0.25) is 0 Å². The highest BCUT2D eigenvalue weighted by molar-refractivity contribution is 5.56. The SMILES string of the molecule is Cc1cccc(-c2nc(C)nn2CC(O)c2cc(F)ccc2F)c1. The van der Waals surface area contributed by atoms with Crippen LogP contribution in [0.2, 0.25) is 0 Å². The molecular formula is C18H17F2N3O. The van der Waals surface area contributed by atoms with Gasteiger partial charge < -0.3 is 5.11 Å². The topological polar surface area (TPSA) is 50.9 Å². The summed E-state index contributed by atoms with van der Waals surface area (Å²) in [4.78, 5) is 4.38. The summed E-state index contributed by atoms with van der Waals surface area (Å²) in [6.45, 7) is 3.68. The van der Waals surface area contributed by atoms with Crippen LogP contribution < -0.4 is 0 Å². The molecule has 6 heteroatoms. The van der Waals surface area contributed by atoms with E-state index >= 15 is 0 Å². The summed E-state index contributed by atoms with van der Waals surface area (Å²) >= 11 is 0. The normalized spacial score (nSPS) is 12.4. The van der Waals surface area contributed by atoms with Gasteiger partial charge in [-0.15, -0.1) is 0 Å². The van der Waals surface area contributed by atoms with Crippen molar-refractivity contribution in [3.8, 4) is 11.4 Å². The molecule has 124 valence electrons. The standard InChI is InChI=1S/C18H17F2N3O/c1-11-4-3-5-13(8-11)18-21-12(2)22-23(18)10-17(24)15-9-14(19)6-7-16(15)20/h3-9,17,24H,10H2,1-2H3. The van der Waals surface area contributed by atoms with Crippen molar-refractivity contribution in [3.05, 3.63) is 71.1 Å². The Labute approximate surface area is 138 Å². The molecule has 0 aliphatic carbocycles. The predicted molar refractivity (Wildman–Crippen MR) is 86.2 cm³/mol. The van der Waals surface area contributed by atoms with E-state index in [1.54, 1.807) is 6.92 Å². The van der Waals surface area contributed by atoms with Crippen LogP contribution in [0.1, 0.15) is 23.1 Å². The molecule has 24 heavy (non-hydrogen) atoms. The minimum absolute atomic E-state index is 0.0233. The van der Waals surface area contributed by atoms with E-state index in [-0.39, 0.29) is 12.1 Å². The molecule has 3 rings (SSSR count). The van der Waals surface area contributed by atoms with Crippen LogP contribution in [0, 0.1) is 25.5 Å². The first-order chi connectivity index (χ1) is 11.4. The lowest BCUT2D eigenvalue weighted by Gasteiger charge is -2.14. The Bertz CT molecular complexity index is 876. The first-order valence-electron chi connectivity index (χ1n) is 7.55. The molecule has 0 radical (unpaired) electrons. The lowest BCUT2D eigenvalue weighted by molar-refractivity contribution is 0.147. The number of benzene rings is 2. The number of hydrogen-bond acceptors (Lipinski definition) is 3. The first-order valence-corrected chi connectivity index (χ1v) is 7.55. The number of aliphatic hydroxyl groups is 1. The van der Waals surface area contributed by atoms with Gasteiger partial charge in [-0.25, -0.2) is 18.4 Å². The van der Waals surface area contributed by atoms with Crippen LogP contribution in [0.3, 0.4) is 0 Å². The number of rotatable bonds is 4. The Morgan fingerprint density at radius 2 is 1.92 bits per heavy atom. The highest BCUT2D eigenvalue weighted by Crippen LogP contribution is 2.24. The van der Waals surface area contributed by atoms with Crippen LogP contribution in [-0.2, 0) is 6.54 Å². The molecule has 1 aromatic heterocycles. The molecule has 0 saturated heterocycles. The van der Waals surface area contributed by atoms with Gasteiger partial charge in [-0.05, 0) is 38.1 Å². The second-order valence-corrected chi connectivity index (χ2v) is 5.72. The number of halogens is 2. The fraction of sp³-hybridized carbons (Fsp3) is 0.222. The van der Waals surface area contributed by atoms with Crippen molar-refractivity contribution < 1.29 is 13.9 Å². The van der Waals surface area contributed by atoms with Gasteiger partial charge in [0.05, 0.1) is 6.54 Å². The maximum Gasteiger partial charge on any atom is 0.158 e. The molecule has 1 unspecified atom stereocenters. The van der Waals surface area contributed by atoms with Crippen LogP contribution in [-0.4, -0.2) is 19.9 Å². The third-order valence-electron chi connectivity index (χ3n) is 3.72. The average Bonchev–Trinajstić information content (AvgIpc) is 2.90. The molecule has 4 nitrogen and oxygen atoms in total. The van der Waals surface area contributed by atoms with Gasteiger partial charge in [-0.2, -0.15) is 5.10 Å². The van der Waals surface area contributed by atoms with Gasteiger partial charge in [0, 0.05) is 11.1 Å². The van der Waals surface area contributed by atoms with Crippen LogP contribution in [0.5, 0.6) is 0 Å². The summed E-state index contributed by atoms with van der Waals surface area (Å²) in [7, 11) is 0. The fourth-order valence-corrected chi connectivity index (χ4v) is 2.61. The lowest BCUT2D eigenvalue weighted by Crippen LogP contribution is -2.13. The summed E-state index contributed by atoms with van der Waals surface area (Å²) in [6, 6.07) is 10.7. The summed E-state index contributed by atoms with van der Waals surface area (Å²) < 4.78 is 28.7. The number of nitrogens with zero attached hydrogens (tertiary/aromatic N) is 3. The summed E-state index contributed by atoms with van der Waals surface area (Å²) in [6.07, 6.45) is -1.23. The molecule has 1 heterocycles. The van der Waals surface area contributed by atoms with E-state index in [0.29, 0.717) is 11.6 Å². The van der Waals surface area contributed by atoms with E-state index in [2.05, 4.69) is 10.1 Å². The van der Waals surface area contributed by atoms with Gasteiger partial charge in [0.1, 0.15) is 23.6 Å². The molecule has 0 amide bonds. The van der Waals surface area contributed by atoms with E-state index in [1.165, 1.54) is 4.68 Å². The van der Waals surface area contributed by atoms with Gasteiger partial charge in [-0.1, -0.05) is 23.8 Å². The van der Waals surface area contributed by atoms with E-state index < -0.39 is 17.7 Å². The zero-order valence-electron chi connectivity index (χ0n) is 13.4. The largest absolute Gasteiger partial charge is 0.386 e. The Balaban J connectivity index is 1.94. The van der Waals surface area contributed by atoms with Crippen LogP contribution in [0.15, 0.2) is 42.5 Å². The molecule has 1 atom stereocenters. The fourth-order valence-electron chi connectivity index (χ4n) is 2.61. The third kappa shape index (κ3) is 3.33. The zero-order valence-corrected chi connectivity index (χ0v) is 13.4. The summed E-state index contributed by atoms with van der Waals surface area (Å²) in [5.74, 6) is -0.137. The van der Waals surface area contributed by atoms with Crippen molar-refractivity contribution in [1.82, 2.24) is 14.8 Å². The molecule has 3 aromatic rings. The van der Waals surface area contributed by atoms with E-state index in [9.17, 15) is 13.9 Å². The second-order valence-electron chi connectivity index (χ2n) is 5.72. The van der Waals surface area contributed by atoms with Crippen molar-refractivity contribution in [1.29, 1.82) is 0 Å². The number of aryl methyl sites for hydroxylation is 2. The van der Waals surface area contributed by atoms with Crippen molar-refractivity contribution >= 4 is 0 Å². The van der Waals surface area contributed by atoms with Crippen molar-refractivity contribution in [2.75, 3.05) is 0 Å². The molecule has 0 bridgehead atoms. The van der Waals surface area contributed by atoms with Gasteiger partial charge in [0.15, 0.2) is 5.82 Å². The summed E-state index contributed by atoms with van der Waals surface area (Å²) in [5, 5.41) is 14.6. The molecule has 0 fully saturated rings. The smallest absolute Gasteiger partial charge is 0.158 e. The van der Waals surface area contributed by atoms with E-state index in [0.717, 1.165) is 29.3 Å². The Kier molecular flexibility index (Phi) is 4.40. The highest BCUT2D eigenvalue weighted by atomic mass is 19.1. The molecule has 0 aliphatic rings. The van der Waals surface area contributed by atoms with Gasteiger partial charge in [-0.3, -0.25) is 0 Å². The second kappa shape index (κ2) is 6.49. The Morgan fingerprint density at radius 3 is 2.67 bits per heavy atom. The van der Waals surface area contributed by atoms with Crippen LogP contribution in [0.4, 0.5) is 8.78 Å². The Morgan fingerprint density at radius 1 is 1.12 bits per heavy atom. The minimum atomic E-state index is -1.23. The van der Waals surface area contributed by atoms with E-state index in [1.807, 2.05) is 31.2 Å². The molecular weight excluding hydrogens is 312 g/mol. The van der Waals surface area contributed by atoms with Crippen molar-refractivity contribution in [3.63, 3.8) is 0 Å². The molecule has 0 aliphatic heterocycles. The summed E-state index contributed by atoms with van der Waals surface area (Å²) in [5.41, 5.74) is 1.82. The van der Waals surface area contributed by atoms with Crippen LogP contribution >= 0.6 is 0 Å². The van der Waals surface area contributed by atoms with E-state index in [4.69, 9.17) is 0 Å². The zero-order chi connectivity index (χ0) is 17.3. The maximum absolute atomic E-state index is 13.8. The average molecular weight is 329 g/mol. The Hall–Kier alpha value is -2.60. The van der Waals surface area contributed by atoms with Gasteiger partial charge >= 0.3 is 0 Å². The van der Waals surface area contributed by atoms with Crippen molar-refractivity contribution in [2.24, 2.45) is 0 Å². The lowest BCUT2D eigenvalue weighted by atomic mass is 10.1. The molecule has 1 N–H and O–H groups in total. The number of hydrogen-bond donors (Lipinski definition) is 1. The number of aromatic nitrogens is 3. The predicted octanol–water partition coefficient (Wildman–Crippen LogP) is 3.57. The monoisotopic (exact) mass is 329 g/mol. The molecule has 0 saturated carbocycles.